The minimum atomic E-state index is 0.906. The molecule has 2 aromatic rings. The Balaban J connectivity index is 1.86. The van der Waals surface area contributed by atoms with E-state index in [9.17, 15) is 0 Å². The number of hydrogen-bond donors (Lipinski definition) is 0. The molecule has 0 atom stereocenters. The molecule has 1 aromatic carbocycles. The van der Waals surface area contributed by atoms with E-state index in [1.165, 1.54) is 18.4 Å². The molecule has 0 aliphatic rings. The molecule has 1 aromatic heterocycles. The van der Waals surface area contributed by atoms with E-state index in [2.05, 4.69) is 48.8 Å². The third-order valence-electron chi connectivity index (χ3n) is 4.15. The highest BCUT2D eigenvalue weighted by Crippen LogP contribution is 2.20. The molecule has 116 valence electrons. The zero-order valence-electron chi connectivity index (χ0n) is 13.6. The van der Waals surface area contributed by atoms with Gasteiger partial charge in [-0.25, -0.2) is 0 Å². The SMILES string of the molecule is CCN(CC)CCCN(CC)Cc1cc2ccccc2o1. The van der Waals surface area contributed by atoms with Gasteiger partial charge in [0.05, 0.1) is 6.54 Å². The van der Waals surface area contributed by atoms with Crippen molar-refractivity contribution >= 4 is 11.0 Å². The summed E-state index contributed by atoms with van der Waals surface area (Å²) in [4.78, 5) is 4.94. The van der Waals surface area contributed by atoms with Gasteiger partial charge in [-0.05, 0) is 51.3 Å². The average molecular weight is 288 g/mol. The molecule has 0 radical (unpaired) electrons. The van der Waals surface area contributed by atoms with Gasteiger partial charge in [0, 0.05) is 5.39 Å². The fourth-order valence-electron chi connectivity index (χ4n) is 2.74. The summed E-state index contributed by atoms with van der Waals surface area (Å²) in [5.74, 6) is 1.07. The molecule has 0 aliphatic heterocycles. The predicted molar refractivity (Wildman–Crippen MR) is 89.6 cm³/mol. The van der Waals surface area contributed by atoms with Gasteiger partial charge in [0.15, 0.2) is 0 Å². The number of fused-ring (bicyclic) bond motifs is 1. The zero-order valence-corrected chi connectivity index (χ0v) is 13.6. The molecule has 0 bridgehead atoms. The van der Waals surface area contributed by atoms with Crippen molar-refractivity contribution < 1.29 is 4.42 Å². The number of benzene rings is 1. The van der Waals surface area contributed by atoms with Crippen molar-refractivity contribution in [2.75, 3.05) is 32.7 Å². The van der Waals surface area contributed by atoms with Crippen LogP contribution in [0.1, 0.15) is 33.0 Å². The molecule has 0 unspecified atom stereocenters. The molecule has 1 heterocycles. The monoisotopic (exact) mass is 288 g/mol. The molecule has 3 nitrogen and oxygen atoms in total. The van der Waals surface area contributed by atoms with Crippen LogP contribution in [0.15, 0.2) is 34.7 Å². The Morgan fingerprint density at radius 3 is 2.24 bits per heavy atom. The number of rotatable bonds is 9. The molecule has 2 rings (SSSR count). The van der Waals surface area contributed by atoms with Gasteiger partial charge in [0.2, 0.25) is 0 Å². The summed E-state index contributed by atoms with van der Waals surface area (Å²) in [6.07, 6.45) is 1.22. The van der Waals surface area contributed by atoms with Gasteiger partial charge in [-0.3, -0.25) is 4.90 Å². The number of furan rings is 1. The van der Waals surface area contributed by atoms with Crippen LogP contribution in [0.2, 0.25) is 0 Å². The highest BCUT2D eigenvalue weighted by atomic mass is 16.3. The Hall–Kier alpha value is -1.32. The summed E-state index contributed by atoms with van der Waals surface area (Å²) in [6, 6.07) is 10.4. The lowest BCUT2D eigenvalue weighted by molar-refractivity contribution is 0.227. The van der Waals surface area contributed by atoms with E-state index < -0.39 is 0 Å². The van der Waals surface area contributed by atoms with Gasteiger partial charge in [-0.2, -0.15) is 0 Å². The van der Waals surface area contributed by atoms with Crippen molar-refractivity contribution in [1.82, 2.24) is 9.80 Å². The van der Waals surface area contributed by atoms with Crippen molar-refractivity contribution in [2.24, 2.45) is 0 Å². The van der Waals surface area contributed by atoms with Crippen molar-refractivity contribution in [2.45, 2.75) is 33.7 Å². The highest BCUT2D eigenvalue weighted by molar-refractivity contribution is 5.77. The minimum absolute atomic E-state index is 0.906. The fourth-order valence-corrected chi connectivity index (χ4v) is 2.74. The number of hydrogen-bond acceptors (Lipinski definition) is 3. The van der Waals surface area contributed by atoms with Crippen molar-refractivity contribution in [3.8, 4) is 0 Å². The molecular formula is C18H28N2O. The summed E-state index contributed by atoms with van der Waals surface area (Å²) in [5.41, 5.74) is 0.992. The largest absolute Gasteiger partial charge is 0.460 e. The average Bonchev–Trinajstić information content (AvgIpc) is 2.92. The van der Waals surface area contributed by atoms with Crippen LogP contribution in [0, 0.1) is 0 Å². The van der Waals surface area contributed by atoms with E-state index >= 15 is 0 Å². The van der Waals surface area contributed by atoms with Gasteiger partial charge in [0.1, 0.15) is 11.3 Å². The first-order valence-corrected chi connectivity index (χ1v) is 8.19. The molecule has 3 heteroatoms. The lowest BCUT2D eigenvalue weighted by Gasteiger charge is -2.22. The highest BCUT2D eigenvalue weighted by Gasteiger charge is 2.09. The second kappa shape index (κ2) is 8.20. The van der Waals surface area contributed by atoms with E-state index in [0.29, 0.717) is 0 Å². The first-order chi connectivity index (χ1) is 10.3. The van der Waals surface area contributed by atoms with Crippen molar-refractivity contribution in [3.63, 3.8) is 0 Å². The van der Waals surface area contributed by atoms with Gasteiger partial charge >= 0.3 is 0 Å². The molecule has 0 amide bonds. The maximum absolute atomic E-state index is 5.92. The van der Waals surface area contributed by atoms with Crippen molar-refractivity contribution in [3.05, 3.63) is 36.1 Å². The normalized spacial score (nSPS) is 11.9. The fraction of sp³-hybridized carbons (Fsp3) is 0.556. The van der Waals surface area contributed by atoms with E-state index in [-0.39, 0.29) is 0 Å². The van der Waals surface area contributed by atoms with E-state index in [0.717, 1.165) is 44.1 Å². The third kappa shape index (κ3) is 4.58. The molecule has 0 saturated carbocycles. The third-order valence-corrected chi connectivity index (χ3v) is 4.15. The molecule has 0 aliphatic carbocycles. The summed E-state index contributed by atoms with van der Waals surface area (Å²) in [5, 5.41) is 1.20. The topological polar surface area (TPSA) is 19.6 Å². The molecule has 21 heavy (non-hydrogen) atoms. The van der Waals surface area contributed by atoms with Crippen molar-refractivity contribution in [1.29, 1.82) is 0 Å². The van der Waals surface area contributed by atoms with Crippen LogP contribution in [0.3, 0.4) is 0 Å². The van der Waals surface area contributed by atoms with Gasteiger partial charge < -0.3 is 9.32 Å². The molecular weight excluding hydrogens is 260 g/mol. The maximum atomic E-state index is 5.92. The Labute approximate surface area is 128 Å². The maximum Gasteiger partial charge on any atom is 0.134 e. The minimum Gasteiger partial charge on any atom is -0.460 e. The summed E-state index contributed by atoms with van der Waals surface area (Å²) in [7, 11) is 0. The second-order valence-corrected chi connectivity index (χ2v) is 5.50. The van der Waals surface area contributed by atoms with E-state index in [4.69, 9.17) is 4.42 Å². The van der Waals surface area contributed by atoms with Gasteiger partial charge in [-0.15, -0.1) is 0 Å². The number of nitrogens with zero attached hydrogens (tertiary/aromatic N) is 2. The standard InChI is InChI=1S/C18H28N2O/c1-4-19(5-2)12-9-13-20(6-3)15-17-14-16-10-7-8-11-18(16)21-17/h7-8,10-11,14H,4-6,9,12-13,15H2,1-3H3. The van der Waals surface area contributed by atoms with Gasteiger partial charge in [-0.1, -0.05) is 39.0 Å². The summed E-state index contributed by atoms with van der Waals surface area (Å²) in [6.45, 7) is 13.3. The predicted octanol–water partition coefficient (Wildman–Crippen LogP) is 3.99. The van der Waals surface area contributed by atoms with Crippen LogP contribution in [-0.2, 0) is 6.54 Å². The Morgan fingerprint density at radius 2 is 1.57 bits per heavy atom. The molecule has 0 spiro atoms. The van der Waals surface area contributed by atoms with Gasteiger partial charge in [0.25, 0.3) is 0 Å². The summed E-state index contributed by atoms with van der Waals surface area (Å²) >= 11 is 0. The van der Waals surface area contributed by atoms with Crippen LogP contribution >= 0.6 is 0 Å². The molecule has 0 saturated heterocycles. The molecule has 0 N–H and O–H groups in total. The summed E-state index contributed by atoms with van der Waals surface area (Å²) < 4.78 is 5.92. The smallest absolute Gasteiger partial charge is 0.134 e. The number of para-hydroxylation sites is 1. The van der Waals surface area contributed by atoms with E-state index in [1.807, 2.05) is 12.1 Å². The first-order valence-electron chi connectivity index (χ1n) is 8.19. The van der Waals surface area contributed by atoms with Crippen LogP contribution in [-0.4, -0.2) is 42.5 Å². The zero-order chi connectivity index (χ0) is 15.1. The first kappa shape index (κ1) is 16.1. The Morgan fingerprint density at radius 1 is 0.905 bits per heavy atom. The Bertz CT molecular complexity index is 498. The Kier molecular flexibility index (Phi) is 6.27. The lowest BCUT2D eigenvalue weighted by Crippen LogP contribution is -2.29. The molecule has 0 fully saturated rings. The van der Waals surface area contributed by atoms with Crippen LogP contribution < -0.4 is 0 Å². The second-order valence-electron chi connectivity index (χ2n) is 5.50. The lowest BCUT2D eigenvalue weighted by atomic mass is 10.2. The van der Waals surface area contributed by atoms with Crippen LogP contribution in [0.4, 0.5) is 0 Å². The van der Waals surface area contributed by atoms with E-state index in [1.54, 1.807) is 0 Å². The van der Waals surface area contributed by atoms with Crippen LogP contribution in [0.25, 0.3) is 11.0 Å². The quantitative estimate of drug-likeness (QED) is 0.695. The van der Waals surface area contributed by atoms with Crippen LogP contribution in [0.5, 0.6) is 0 Å².